The number of nitrogens with one attached hydrogen (secondary N) is 1. The molecule has 0 unspecified atom stereocenters. The maximum absolute atomic E-state index is 13.1. The van der Waals surface area contributed by atoms with Crippen molar-refractivity contribution in [3.05, 3.63) is 41.8 Å². The van der Waals surface area contributed by atoms with Crippen LogP contribution < -0.4 is 5.32 Å². The van der Waals surface area contributed by atoms with Crippen LogP contribution in [0.2, 0.25) is 0 Å². The fraction of sp³-hybridized carbons (Fsp3) is 0.400. The van der Waals surface area contributed by atoms with Crippen LogP contribution in [-0.2, 0) is 9.53 Å². The highest BCUT2D eigenvalue weighted by Gasteiger charge is 2.37. The molecule has 2 aromatic rings. The molecule has 2 aromatic heterocycles. The van der Waals surface area contributed by atoms with Crippen LogP contribution in [0.25, 0.3) is 0 Å². The number of hydrogen-bond donors (Lipinski definition) is 1. The van der Waals surface area contributed by atoms with Crippen molar-refractivity contribution in [2.45, 2.75) is 13.0 Å². The predicted octanol–water partition coefficient (Wildman–Crippen LogP) is 1.02. The summed E-state index contributed by atoms with van der Waals surface area (Å²) in [7, 11) is 0. The molecule has 1 saturated heterocycles. The van der Waals surface area contributed by atoms with Gasteiger partial charge in [-0.1, -0.05) is 0 Å². The standard InChI is InChI=1S/C15H17N5O3/c1-10-12(14(21)19-4-7-22-8-5-19)13(11-3-2-6-23-11)20-15(18-10)16-9-17-20/h2-3,6,9,13H,4-5,7-8H2,1H3,(H,16,17,18)/t13-/m1/s1. The fourth-order valence-corrected chi connectivity index (χ4v) is 3.01. The minimum atomic E-state index is -0.418. The Hall–Kier alpha value is -2.61. The van der Waals surface area contributed by atoms with Gasteiger partial charge in [-0.05, 0) is 19.1 Å². The summed E-state index contributed by atoms with van der Waals surface area (Å²) >= 11 is 0. The van der Waals surface area contributed by atoms with Crippen LogP contribution >= 0.6 is 0 Å². The van der Waals surface area contributed by atoms with Crippen molar-refractivity contribution in [2.75, 3.05) is 31.6 Å². The molecule has 0 bridgehead atoms. The van der Waals surface area contributed by atoms with Crippen LogP contribution in [0.3, 0.4) is 0 Å². The number of ether oxygens (including phenoxy) is 1. The van der Waals surface area contributed by atoms with E-state index in [0.717, 1.165) is 5.70 Å². The third-order valence-corrected chi connectivity index (χ3v) is 4.14. The lowest BCUT2D eigenvalue weighted by Gasteiger charge is -2.32. The number of aromatic nitrogens is 3. The van der Waals surface area contributed by atoms with Crippen molar-refractivity contribution in [3.63, 3.8) is 0 Å². The van der Waals surface area contributed by atoms with E-state index in [1.165, 1.54) is 6.33 Å². The Kier molecular flexibility index (Phi) is 3.38. The maximum Gasteiger partial charge on any atom is 0.254 e. The van der Waals surface area contributed by atoms with E-state index in [-0.39, 0.29) is 5.91 Å². The molecule has 8 heteroatoms. The summed E-state index contributed by atoms with van der Waals surface area (Å²) in [5, 5.41) is 7.41. The minimum absolute atomic E-state index is 0.0270. The Morgan fingerprint density at radius 3 is 2.96 bits per heavy atom. The predicted molar refractivity (Wildman–Crippen MR) is 80.6 cm³/mol. The minimum Gasteiger partial charge on any atom is -0.467 e. The molecule has 8 nitrogen and oxygen atoms in total. The highest BCUT2D eigenvalue weighted by molar-refractivity contribution is 5.96. The molecule has 4 rings (SSSR count). The monoisotopic (exact) mass is 315 g/mol. The van der Waals surface area contributed by atoms with Gasteiger partial charge in [0.1, 0.15) is 18.1 Å². The zero-order valence-corrected chi connectivity index (χ0v) is 12.7. The van der Waals surface area contributed by atoms with Crippen LogP contribution in [0.5, 0.6) is 0 Å². The quantitative estimate of drug-likeness (QED) is 0.890. The number of morpholine rings is 1. The normalized spacial score (nSPS) is 21.1. The van der Waals surface area contributed by atoms with Crippen molar-refractivity contribution >= 4 is 11.9 Å². The molecule has 120 valence electrons. The average Bonchev–Trinajstić information content (AvgIpc) is 3.25. The molecule has 0 aliphatic carbocycles. The van der Waals surface area contributed by atoms with E-state index in [4.69, 9.17) is 9.15 Å². The van der Waals surface area contributed by atoms with Gasteiger partial charge >= 0.3 is 0 Å². The van der Waals surface area contributed by atoms with Gasteiger partial charge in [0.2, 0.25) is 5.95 Å². The number of carbonyl (C=O) groups is 1. The average molecular weight is 315 g/mol. The van der Waals surface area contributed by atoms with Crippen molar-refractivity contribution in [1.29, 1.82) is 0 Å². The Morgan fingerprint density at radius 1 is 1.39 bits per heavy atom. The van der Waals surface area contributed by atoms with Crippen molar-refractivity contribution in [2.24, 2.45) is 0 Å². The summed E-state index contributed by atoms with van der Waals surface area (Å²) < 4.78 is 12.6. The van der Waals surface area contributed by atoms with Crippen molar-refractivity contribution in [1.82, 2.24) is 19.7 Å². The molecule has 1 amide bonds. The van der Waals surface area contributed by atoms with Crippen molar-refractivity contribution in [3.8, 4) is 0 Å². The second-order valence-corrected chi connectivity index (χ2v) is 5.51. The lowest BCUT2D eigenvalue weighted by atomic mass is 9.99. The van der Waals surface area contributed by atoms with Gasteiger partial charge in [0.05, 0.1) is 25.1 Å². The zero-order chi connectivity index (χ0) is 15.8. The maximum atomic E-state index is 13.1. The number of furan rings is 1. The lowest BCUT2D eigenvalue weighted by Crippen LogP contribution is -2.44. The van der Waals surface area contributed by atoms with Crippen LogP contribution in [0.4, 0.5) is 5.95 Å². The first kappa shape index (κ1) is 14.0. The smallest absolute Gasteiger partial charge is 0.254 e. The molecule has 1 N–H and O–H groups in total. The molecule has 2 aliphatic rings. The summed E-state index contributed by atoms with van der Waals surface area (Å²) in [5.41, 5.74) is 1.39. The summed E-state index contributed by atoms with van der Waals surface area (Å²) in [4.78, 5) is 19.1. The number of amides is 1. The summed E-state index contributed by atoms with van der Waals surface area (Å²) in [6, 6.07) is 3.24. The zero-order valence-electron chi connectivity index (χ0n) is 12.7. The molecule has 0 saturated carbocycles. The first-order valence-corrected chi connectivity index (χ1v) is 7.53. The molecule has 0 aromatic carbocycles. The molecular weight excluding hydrogens is 298 g/mol. The van der Waals surface area contributed by atoms with E-state index in [9.17, 15) is 4.79 Å². The number of rotatable bonds is 2. The van der Waals surface area contributed by atoms with Gasteiger partial charge in [-0.15, -0.1) is 0 Å². The number of carbonyl (C=O) groups excluding carboxylic acids is 1. The van der Waals surface area contributed by atoms with Crippen LogP contribution in [0.1, 0.15) is 18.7 Å². The Morgan fingerprint density at radius 2 is 2.22 bits per heavy atom. The first-order valence-electron chi connectivity index (χ1n) is 7.53. The number of nitrogens with zero attached hydrogens (tertiary/aromatic N) is 4. The largest absolute Gasteiger partial charge is 0.467 e. The van der Waals surface area contributed by atoms with Gasteiger partial charge in [-0.3, -0.25) is 4.79 Å². The van der Waals surface area contributed by atoms with Gasteiger partial charge in [0, 0.05) is 18.8 Å². The molecule has 4 heterocycles. The highest BCUT2D eigenvalue weighted by atomic mass is 16.5. The Labute approximate surface area is 132 Å². The number of hydrogen-bond acceptors (Lipinski definition) is 6. The molecule has 1 atom stereocenters. The van der Waals surface area contributed by atoms with Crippen LogP contribution in [0, 0.1) is 0 Å². The van der Waals surface area contributed by atoms with Gasteiger partial charge < -0.3 is 19.4 Å². The number of allylic oxidation sites excluding steroid dienone is 1. The Bertz CT molecular complexity index is 743. The number of fused-ring (bicyclic) bond motifs is 1. The molecule has 23 heavy (non-hydrogen) atoms. The van der Waals surface area contributed by atoms with Gasteiger partial charge in [-0.25, -0.2) is 4.68 Å². The SMILES string of the molecule is CC1=C(C(=O)N2CCOCC2)[C@@H](c2ccco2)n2ncnc2N1. The van der Waals surface area contributed by atoms with Crippen LogP contribution in [0.15, 0.2) is 40.4 Å². The number of anilines is 1. The van der Waals surface area contributed by atoms with Crippen LogP contribution in [-0.4, -0.2) is 51.9 Å². The van der Waals surface area contributed by atoms with E-state index < -0.39 is 6.04 Å². The molecule has 2 aliphatic heterocycles. The summed E-state index contributed by atoms with van der Waals surface area (Å²) in [5.74, 6) is 1.23. The van der Waals surface area contributed by atoms with E-state index in [0.29, 0.717) is 43.6 Å². The first-order chi connectivity index (χ1) is 11.3. The topological polar surface area (TPSA) is 85.4 Å². The second-order valence-electron chi connectivity index (χ2n) is 5.51. The highest BCUT2D eigenvalue weighted by Crippen LogP contribution is 2.35. The van der Waals surface area contributed by atoms with E-state index in [2.05, 4.69) is 15.4 Å². The molecular formula is C15H17N5O3. The third kappa shape index (κ3) is 2.31. The fourth-order valence-electron chi connectivity index (χ4n) is 3.01. The molecule has 0 radical (unpaired) electrons. The Balaban J connectivity index is 1.77. The lowest BCUT2D eigenvalue weighted by molar-refractivity contribution is -0.131. The van der Waals surface area contributed by atoms with Gasteiger partial charge in [0.15, 0.2) is 0 Å². The molecule has 1 fully saturated rings. The molecule has 0 spiro atoms. The summed E-state index contributed by atoms with van der Waals surface area (Å²) in [6.45, 7) is 4.17. The van der Waals surface area contributed by atoms with E-state index in [1.54, 1.807) is 17.0 Å². The van der Waals surface area contributed by atoms with E-state index >= 15 is 0 Å². The van der Waals surface area contributed by atoms with Crippen molar-refractivity contribution < 1.29 is 13.9 Å². The summed E-state index contributed by atoms with van der Waals surface area (Å²) in [6.07, 6.45) is 3.06. The van der Waals surface area contributed by atoms with Gasteiger partial charge in [0.25, 0.3) is 5.91 Å². The third-order valence-electron chi connectivity index (χ3n) is 4.14. The second kappa shape index (κ2) is 5.54. The van der Waals surface area contributed by atoms with Gasteiger partial charge in [-0.2, -0.15) is 10.1 Å². The van der Waals surface area contributed by atoms with E-state index in [1.807, 2.05) is 17.9 Å².